The second-order valence-corrected chi connectivity index (χ2v) is 8.50. The van der Waals surface area contributed by atoms with Crippen LogP contribution in [0.1, 0.15) is 46.0 Å². The number of hydrogen-bond acceptors (Lipinski definition) is 7. The molecule has 3 N–H and O–H groups in total. The number of carbonyl (C=O) groups excluding carboxylic acids is 3. The van der Waals surface area contributed by atoms with Crippen molar-refractivity contribution in [2.45, 2.75) is 75.8 Å². The maximum Gasteiger partial charge on any atom is 0.414 e. The molecule has 0 radical (unpaired) electrons. The molecule has 0 aromatic carbocycles. The molecule has 146 valence electrons. The van der Waals surface area contributed by atoms with Gasteiger partial charge in [0.25, 0.3) is 5.91 Å². The predicted molar refractivity (Wildman–Crippen MR) is 96.3 cm³/mol. The summed E-state index contributed by atoms with van der Waals surface area (Å²) in [5.41, 5.74) is 0. The third-order valence-corrected chi connectivity index (χ3v) is 6.17. The molecule has 9 heteroatoms. The molecule has 26 heavy (non-hydrogen) atoms. The van der Waals surface area contributed by atoms with Gasteiger partial charge in [0.1, 0.15) is 0 Å². The molecule has 3 amide bonds. The molecule has 3 aliphatic rings. The number of nitrogens with one attached hydrogen (secondary N) is 3. The Kier molecular flexibility index (Phi) is 6.42. The highest BCUT2D eigenvalue weighted by atomic mass is 32.2. The maximum absolute atomic E-state index is 12.5. The van der Waals surface area contributed by atoms with Gasteiger partial charge in [0, 0.05) is 6.04 Å². The molecule has 5 unspecified atom stereocenters. The van der Waals surface area contributed by atoms with E-state index in [2.05, 4.69) is 16.0 Å². The topological polar surface area (TPSA) is 106 Å². The summed E-state index contributed by atoms with van der Waals surface area (Å²) in [5, 5.41) is 8.03. The van der Waals surface area contributed by atoms with Gasteiger partial charge in [0.05, 0.1) is 23.5 Å². The summed E-state index contributed by atoms with van der Waals surface area (Å²) >= 11 is 1.50. The van der Waals surface area contributed by atoms with Crippen molar-refractivity contribution in [1.29, 1.82) is 0 Å². The number of fused-ring (bicyclic) bond motifs is 1. The number of alkyl carbamates (subject to hydrolysis) is 1. The van der Waals surface area contributed by atoms with E-state index in [9.17, 15) is 14.4 Å². The van der Waals surface area contributed by atoms with Crippen molar-refractivity contribution in [2.75, 3.05) is 5.75 Å². The van der Waals surface area contributed by atoms with Crippen molar-refractivity contribution in [2.24, 2.45) is 5.92 Å². The summed E-state index contributed by atoms with van der Waals surface area (Å²) in [6, 6.07) is 0.237. The minimum atomic E-state index is -0.753. The van der Waals surface area contributed by atoms with Gasteiger partial charge < -0.3 is 14.8 Å². The summed E-state index contributed by atoms with van der Waals surface area (Å²) in [4.78, 5) is 36.5. The Labute approximate surface area is 157 Å². The number of imide groups is 1. The minimum Gasteiger partial charge on any atom is -0.447 e. The Balaban J connectivity index is 1.51. The fourth-order valence-electron chi connectivity index (χ4n) is 3.65. The first-order valence-electron chi connectivity index (χ1n) is 9.29. The lowest BCUT2D eigenvalue weighted by Crippen LogP contribution is -2.50. The van der Waals surface area contributed by atoms with E-state index in [1.54, 1.807) is 13.8 Å². The smallest absolute Gasteiger partial charge is 0.414 e. The van der Waals surface area contributed by atoms with E-state index in [1.807, 2.05) is 0 Å². The average molecular weight is 385 g/mol. The van der Waals surface area contributed by atoms with Crippen LogP contribution in [0.3, 0.4) is 0 Å². The molecular formula is C17H27N3O5S. The Hall–Kier alpha value is -1.32. The number of thioether (sulfide) groups is 1. The van der Waals surface area contributed by atoms with E-state index in [4.69, 9.17) is 9.47 Å². The molecule has 0 aromatic rings. The SMILES string of the molecule is CC(C)OC(=O)NC(=O)C1CCSC1NC(=O)C1NC2CCCCC2O1. The Bertz CT molecular complexity index is 545. The van der Waals surface area contributed by atoms with Crippen LogP contribution in [0.4, 0.5) is 4.79 Å². The average Bonchev–Trinajstić information content (AvgIpc) is 3.20. The van der Waals surface area contributed by atoms with Crippen LogP contribution >= 0.6 is 11.8 Å². The van der Waals surface area contributed by atoms with Crippen molar-refractivity contribution < 1.29 is 23.9 Å². The minimum absolute atomic E-state index is 0.0978. The van der Waals surface area contributed by atoms with Gasteiger partial charge in [-0.05, 0) is 38.9 Å². The Morgan fingerprint density at radius 3 is 2.65 bits per heavy atom. The van der Waals surface area contributed by atoms with Crippen LogP contribution in [0.15, 0.2) is 0 Å². The fourth-order valence-corrected chi connectivity index (χ4v) is 4.98. The number of amides is 3. The van der Waals surface area contributed by atoms with Gasteiger partial charge in [0.2, 0.25) is 5.91 Å². The van der Waals surface area contributed by atoms with Gasteiger partial charge in [-0.1, -0.05) is 12.8 Å². The van der Waals surface area contributed by atoms with Crippen molar-refractivity contribution in [3.63, 3.8) is 0 Å². The quantitative estimate of drug-likeness (QED) is 0.665. The van der Waals surface area contributed by atoms with E-state index in [0.717, 1.165) is 31.4 Å². The third kappa shape index (κ3) is 4.69. The van der Waals surface area contributed by atoms with E-state index in [-0.39, 0.29) is 29.5 Å². The molecule has 0 aromatic heterocycles. The Morgan fingerprint density at radius 1 is 1.15 bits per heavy atom. The lowest BCUT2D eigenvalue weighted by Gasteiger charge is -2.22. The first kappa shape index (κ1) is 19.4. The summed E-state index contributed by atoms with van der Waals surface area (Å²) in [7, 11) is 0. The van der Waals surface area contributed by atoms with Gasteiger partial charge in [-0.2, -0.15) is 0 Å². The molecule has 5 atom stereocenters. The zero-order chi connectivity index (χ0) is 18.7. The van der Waals surface area contributed by atoms with Gasteiger partial charge in [0.15, 0.2) is 6.23 Å². The van der Waals surface area contributed by atoms with Gasteiger partial charge >= 0.3 is 6.09 Å². The zero-order valence-electron chi connectivity index (χ0n) is 15.2. The molecule has 2 aliphatic heterocycles. The molecule has 1 saturated carbocycles. The van der Waals surface area contributed by atoms with Crippen LogP contribution in [0, 0.1) is 5.92 Å². The second kappa shape index (κ2) is 8.58. The van der Waals surface area contributed by atoms with Crippen molar-refractivity contribution in [3.8, 4) is 0 Å². The van der Waals surface area contributed by atoms with E-state index in [0.29, 0.717) is 6.42 Å². The number of carbonyl (C=O) groups is 3. The number of hydrogen-bond donors (Lipinski definition) is 3. The highest BCUT2D eigenvalue weighted by molar-refractivity contribution is 8.00. The predicted octanol–water partition coefficient (Wildman–Crippen LogP) is 1.10. The largest absolute Gasteiger partial charge is 0.447 e. The molecule has 3 fully saturated rings. The molecule has 3 rings (SSSR count). The first-order chi connectivity index (χ1) is 12.4. The molecule has 1 aliphatic carbocycles. The van der Waals surface area contributed by atoms with Crippen LogP contribution in [0.2, 0.25) is 0 Å². The molecule has 2 heterocycles. The molecule has 0 bridgehead atoms. The molecule has 8 nitrogen and oxygen atoms in total. The van der Waals surface area contributed by atoms with Crippen molar-refractivity contribution in [3.05, 3.63) is 0 Å². The summed E-state index contributed by atoms with van der Waals surface area (Å²) in [6.07, 6.45) is 3.25. The molecule has 0 spiro atoms. The summed E-state index contributed by atoms with van der Waals surface area (Å²) < 4.78 is 10.8. The maximum atomic E-state index is 12.5. The van der Waals surface area contributed by atoms with Crippen LogP contribution in [0.25, 0.3) is 0 Å². The van der Waals surface area contributed by atoms with E-state index >= 15 is 0 Å². The van der Waals surface area contributed by atoms with Crippen LogP contribution < -0.4 is 16.0 Å². The molecule has 2 saturated heterocycles. The number of rotatable bonds is 4. The standard InChI is InChI=1S/C17H27N3O5S/c1-9(2)24-17(23)20-13(21)10-7-8-26-16(10)19-14(22)15-18-11-5-3-4-6-12(11)25-15/h9-12,15-16,18H,3-8H2,1-2H3,(H,19,22)(H,20,21,23). The van der Waals surface area contributed by atoms with Crippen molar-refractivity contribution >= 4 is 29.7 Å². The summed E-state index contributed by atoms with van der Waals surface area (Å²) in [5.74, 6) is -0.388. The van der Waals surface area contributed by atoms with Crippen LogP contribution in [-0.4, -0.2) is 53.5 Å². The highest BCUT2D eigenvalue weighted by Crippen LogP contribution is 2.32. The molecular weight excluding hydrogens is 358 g/mol. The third-order valence-electron chi connectivity index (χ3n) is 4.90. The monoisotopic (exact) mass is 385 g/mol. The van der Waals surface area contributed by atoms with Gasteiger partial charge in [-0.3, -0.25) is 20.2 Å². The normalized spacial score (nSPS) is 33.6. The van der Waals surface area contributed by atoms with Crippen molar-refractivity contribution in [1.82, 2.24) is 16.0 Å². The van der Waals surface area contributed by atoms with Gasteiger partial charge in [-0.15, -0.1) is 11.8 Å². The Morgan fingerprint density at radius 2 is 1.92 bits per heavy atom. The lowest BCUT2D eigenvalue weighted by molar-refractivity contribution is -0.134. The highest BCUT2D eigenvalue weighted by Gasteiger charge is 2.42. The van der Waals surface area contributed by atoms with E-state index in [1.165, 1.54) is 11.8 Å². The second-order valence-electron chi connectivity index (χ2n) is 7.25. The van der Waals surface area contributed by atoms with Crippen LogP contribution in [-0.2, 0) is 19.1 Å². The summed E-state index contributed by atoms with van der Waals surface area (Å²) in [6.45, 7) is 3.43. The number of ether oxygens (including phenoxy) is 2. The van der Waals surface area contributed by atoms with Gasteiger partial charge in [-0.25, -0.2) is 4.79 Å². The zero-order valence-corrected chi connectivity index (χ0v) is 16.0. The van der Waals surface area contributed by atoms with Crippen LogP contribution in [0.5, 0.6) is 0 Å². The van der Waals surface area contributed by atoms with E-state index < -0.39 is 24.1 Å². The first-order valence-corrected chi connectivity index (χ1v) is 10.3. The lowest BCUT2D eigenvalue weighted by atomic mass is 9.93. The fraction of sp³-hybridized carbons (Fsp3) is 0.824.